The van der Waals surface area contributed by atoms with Crippen LogP contribution in [0.25, 0.3) is 0 Å². The average Bonchev–Trinajstić information content (AvgIpc) is 3.08. The average molecular weight is 463 g/mol. The molecule has 6 heteroatoms. The van der Waals surface area contributed by atoms with Gasteiger partial charge in [0, 0.05) is 50.6 Å². The van der Waals surface area contributed by atoms with E-state index in [1.54, 1.807) is 13.1 Å². The van der Waals surface area contributed by atoms with Crippen molar-refractivity contribution in [3.8, 4) is 0 Å². The van der Waals surface area contributed by atoms with E-state index in [2.05, 4.69) is 33.5 Å². The molecule has 34 heavy (non-hydrogen) atoms. The zero-order valence-electron chi connectivity index (χ0n) is 20.5. The van der Waals surface area contributed by atoms with Gasteiger partial charge in [-0.25, -0.2) is 0 Å². The Bertz CT molecular complexity index is 942. The molecule has 4 rings (SSSR count). The van der Waals surface area contributed by atoms with Crippen LogP contribution in [-0.4, -0.2) is 47.0 Å². The summed E-state index contributed by atoms with van der Waals surface area (Å²) in [4.78, 5) is 35.6. The Morgan fingerprint density at radius 3 is 2.85 bits per heavy atom. The number of nitrogens with one attached hydrogen (secondary N) is 1. The molecule has 3 aliphatic heterocycles. The van der Waals surface area contributed by atoms with Crippen LogP contribution < -0.4 is 5.32 Å². The lowest BCUT2D eigenvalue weighted by atomic mass is 9.84. The quantitative estimate of drug-likeness (QED) is 0.564. The topological polar surface area (TPSA) is 74.7 Å². The van der Waals surface area contributed by atoms with E-state index < -0.39 is 0 Å². The summed E-state index contributed by atoms with van der Waals surface area (Å²) >= 11 is 0. The molecule has 1 saturated heterocycles. The molecule has 4 heterocycles. The highest BCUT2D eigenvalue weighted by Crippen LogP contribution is 2.30. The summed E-state index contributed by atoms with van der Waals surface area (Å²) in [6.07, 6.45) is 17.4. The maximum Gasteiger partial charge on any atom is 0.222 e. The van der Waals surface area contributed by atoms with Crippen LogP contribution in [-0.2, 0) is 9.59 Å². The van der Waals surface area contributed by atoms with Gasteiger partial charge in [0.2, 0.25) is 5.91 Å². The van der Waals surface area contributed by atoms with E-state index in [0.29, 0.717) is 18.8 Å². The first-order valence-electron chi connectivity index (χ1n) is 13.0. The molecule has 1 atom stereocenters. The van der Waals surface area contributed by atoms with Crippen molar-refractivity contribution in [1.29, 1.82) is 0 Å². The van der Waals surface area contributed by atoms with Gasteiger partial charge in [0.25, 0.3) is 0 Å². The lowest BCUT2D eigenvalue weighted by Crippen LogP contribution is -2.38. The molecular weight excluding hydrogens is 424 g/mol. The SMILES string of the molecule is CC(=O)CC(CCC1CCN(C(=O)CCC2=CCC=C3CCCN=C3N2)CC1)c1cccnc1. The summed E-state index contributed by atoms with van der Waals surface area (Å²) in [6, 6.07) is 4.03. The van der Waals surface area contributed by atoms with Crippen LogP contribution in [0.2, 0.25) is 0 Å². The van der Waals surface area contributed by atoms with Gasteiger partial charge < -0.3 is 15.0 Å². The number of Topliss-reactive ketones (excluding diaryl/α,β-unsaturated/α-hetero) is 1. The van der Waals surface area contributed by atoms with Crippen LogP contribution in [0.15, 0.2) is 52.9 Å². The molecule has 3 aliphatic rings. The summed E-state index contributed by atoms with van der Waals surface area (Å²) in [5.41, 5.74) is 3.61. The largest absolute Gasteiger partial charge is 0.344 e. The molecule has 0 bridgehead atoms. The highest BCUT2D eigenvalue weighted by molar-refractivity contribution is 6.00. The predicted octanol–water partition coefficient (Wildman–Crippen LogP) is 4.94. The van der Waals surface area contributed by atoms with E-state index in [1.807, 2.05) is 17.2 Å². The maximum atomic E-state index is 12.9. The Hall–Kier alpha value is -2.76. The van der Waals surface area contributed by atoms with E-state index in [0.717, 1.165) is 88.1 Å². The van der Waals surface area contributed by atoms with Crippen molar-refractivity contribution in [3.63, 3.8) is 0 Å². The smallest absolute Gasteiger partial charge is 0.222 e. The molecule has 1 amide bonds. The minimum atomic E-state index is 0.232. The Balaban J connectivity index is 1.20. The van der Waals surface area contributed by atoms with E-state index in [9.17, 15) is 9.59 Å². The Kier molecular flexibility index (Phi) is 8.67. The highest BCUT2D eigenvalue weighted by Gasteiger charge is 2.25. The molecule has 0 aliphatic carbocycles. The van der Waals surface area contributed by atoms with Gasteiger partial charge >= 0.3 is 0 Å². The van der Waals surface area contributed by atoms with E-state index >= 15 is 0 Å². The normalized spacial score (nSPS) is 19.7. The van der Waals surface area contributed by atoms with Crippen LogP contribution >= 0.6 is 0 Å². The number of nitrogens with zero attached hydrogens (tertiary/aromatic N) is 3. The van der Waals surface area contributed by atoms with Crippen molar-refractivity contribution in [2.24, 2.45) is 10.9 Å². The van der Waals surface area contributed by atoms with Crippen molar-refractivity contribution in [2.75, 3.05) is 19.6 Å². The molecule has 1 aromatic rings. The first kappa shape index (κ1) is 24.4. The fraction of sp³-hybridized carbons (Fsp3) is 0.571. The number of rotatable bonds is 9. The molecule has 1 aromatic heterocycles. The van der Waals surface area contributed by atoms with Crippen molar-refractivity contribution in [3.05, 3.63) is 53.5 Å². The number of piperidine rings is 1. The van der Waals surface area contributed by atoms with Crippen molar-refractivity contribution in [1.82, 2.24) is 15.2 Å². The Labute approximate surface area is 203 Å². The number of aromatic nitrogens is 1. The third-order valence-electron chi connectivity index (χ3n) is 7.37. The molecule has 1 fully saturated rings. The lowest BCUT2D eigenvalue weighted by molar-refractivity contribution is -0.132. The van der Waals surface area contributed by atoms with Crippen LogP contribution in [0.5, 0.6) is 0 Å². The van der Waals surface area contributed by atoms with Crippen molar-refractivity contribution < 1.29 is 9.59 Å². The van der Waals surface area contributed by atoms with Gasteiger partial charge in [0.15, 0.2) is 0 Å². The summed E-state index contributed by atoms with van der Waals surface area (Å²) in [5.74, 6) is 2.37. The molecule has 1 unspecified atom stereocenters. The van der Waals surface area contributed by atoms with E-state index in [1.165, 1.54) is 5.57 Å². The number of carbonyl (C=O) groups excluding carboxylic acids is 2. The van der Waals surface area contributed by atoms with Crippen LogP contribution in [0.4, 0.5) is 0 Å². The first-order chi connectivity index (χ1) is 16.6. The molecule has 0 radical (unpaired) electrons. The molecule has 182 valence electrons. The second-order valence-corrected chi connectivity index (χ2v) is 9.94. The van der Waals surface area contributed by atoms with E-state index in [4.69, 9.17) is 0 Å². The van der Waals surface area contributed by atoms with Crippen LogP contribution in [0, 0.1) is 5.92 Å². The van der Waals surface area contributed by atoms with Gasteiger partial charge in [-0.15, -0.1) is 0 Å². The molecule has 0 saturated carbocycles. The van der Waals surface area contributed by atoms with Gasteiger partial charge in [-0.1, -0.05) is 18.2 Å². The fourth-order valence-corrected chi connectivity index (χ4v) is 5.37. The second kappa shape index (κ2) is 12.1. The predicted molar refractivity (Wildman–Crippen MR) is 136 cm³/mol. The number of aliphatic imine (C=N–C) groups is 1. The Morgan fingerprint density at radius 2 is 2.09 bits per heavy atom. The number of allylic oxidation sites excluding steroid dienone is 3. The molecule has 0 aromatic carbocycles. The number of ketones is 1. The Morgan fingerprint density at radius 1 is 1.24 bits per heavy atom. The molecule has 0 spiro atoms. The number of carbonyl (C=O) groups is 2. The lowest BCUT2D eigenvalue weighted by Gasteiger charge is -2.33. The van der Waals surface area contributed by atoms with E-state index in [-0.39, 0.29) is 17.6 Å². The number of pyridine rings is 1. The van der Waals surface area contributed by atoms with Crippen LogP contribution in [0.1, 0.15) is 82.6 Å². The van der Waals surface area contributed by atoms with Crippen LogP contribution in [0.3, 0.4) is 0 Å². The number of fused-ring (bicyclic) bond motifs is 1. The molecular formula is C28H38N4O2. The summed E-state index contributed by atoms with van der Waals surface area (Å²) in [6.45, 7) is 4.25. The fourth-order valence-electron chi connectivity index (χ4n) is 5.37. The third kappa shape index (κ3) is 6.87. The summed E-state index contributed by atoms with van der Waals surface area (Å²) in [7, 11) is 0. The summed E-state index contributed by atoms with van der Waals surface area (Å²) in [5, 5.41) is 3.48. The second-order valence-electron chi connectivity index (χ2n) is 9.94. The van der Waals surface area contributed by atoms with Crippen molar-refractivity contribution >= 4 is 17.5 Å². The first-order valence-corrected chi connectivity index (χ1v) is 13.0. The molecule has 6 nitrogen and oxygen atoms in total. The van der Waals surface area contributed by atoms with Gasteiger partial charge in [-0.2, -0.15) is 0 Å². The number of likely N-dealkylation sites (tertiary alicyclic amines) is 1. The zero-order valence-corrected chi connectivity index (χ0v) is 20.5. The minimum Gasteiger partial charge on any atom is -0.344 e. The number of amides is 1. The monoisotopic (exact) mass is 462 g/mol. The standard InChI is InChI=1S/C28H38N4O2/c1-21(33)19-24(25-7-3-15-29-20-25)10-9-22-13-17-32(18-14-22)27(34)12-11-26-8-2-5-23-6-4-16-30-28(23)31-26/h3,5,7-8,15,20,22,24H,2,4,6,9-14,16-19H2,1H3,(H,30,31). The zero-order chi connectivity index (χ0) is 23.8. The van der Waals surface area contributed by atoms with Gasteiger partial charge in [-0.3, -0.25) is 14.8 Å². The highest BCUT2D eigenvalue weighted by atomic mass is 16.2. The minimum absolute atomic E-state index is 0.232. The number of hydrogen-bond acceptors (Lipinski definition) is 5. The van der Waals surface area contributed by atoms with Gasteiger partial charge in [0.1, 0.15) is 11.6 Å². The third-order valence-corrected chi connectivity index (χ3v) is 7.37. The van der Waals surface area contributed by atoms with Gasteiger partial charge in [0.05, 0.1) is 0 Å². The van der Waals surface area contributed by atoms with Crippen molar-refractivity contribution in [2.45, 2.75) is 77.0 Å². The molecule has 1 N–H and O–H groups in total. The number of hydrogen-bond donors (Lipinski definition) is 1. The van der Waals surface area contributed by atoms with Gasteiger partial charge in [-0.05, 0) is 87.3 Å². The maximum absolute atomic E-state index is 12.9. The summed E-state index contributed by atoms with van der Waals surface area (Å²) < 4.78 is 0. The number of amidine groups is 1.